The van der Waals surface area contributed by atoms with E-state index in [1.807, 2.05) is 13.0 Å². The van der Waals surface area contributed by atoms with E-state index in [2.05, 4.69) is 4.90 Å². The molecular formula is C16H22FNO2. The Bertz CT molecular complexity index is 491. The molecule has 1 aromatic carbocycles. The van der Waals surface area contributed by atoms with E-state index in [0.717, 1.165) is 13.0 Å². The van der Waals surface area contributed by atoms with Crippen LogP contribution in [-0.4, -0.2) is 35.1 Å². The minimum atomic E-state index is -0.736. The highest BCUT2D eigenvalue weighted by Crippen LogP contribution is 2.31. The quantitative estimate of drug-likeness (QED) is 0.921. The third-order valence-corrected chi connectivity index (χ3v) is 4.34. The Hall–Kier alpha value is -1.42. The molecule has 0 amide bonds. The Morgan fingerprint density at radius 1 is 1.50 bits per heavy atom. The first kappa shape index (κ1) is 15.0. The second-order valence-electron chi connectivity index (χ2n) is 6.08. The number of nitrogens with zero attached hydrogens (tertiary/aromatic N) is 1. The summed E-state index contributed by atoms with van der Waals surface area (Å²) in [6, 6.07) is 6.94. The van der Waals surface area contributed by atoms with Gasteiger partial charge in [0.25, 0.3) is 0 Å². The van der Waals surface area contributed by atoms with Gasteiger partial charge in [-0.15, -0.1) is 0 Å². The van der Waals surface area contributed by atoms with Crippen molar-refractivity contribution in [3.8, 4) is 0 Å². The smallest absolute Gasteiger partial charge is 0.310 e. The highest BCUT2D eigenvalue weighted by Gasteiger charge is 2.39. The predicted octanol–water partition coefficient (Wildman–Crippen LogP) is 2.94. The van der Waals surface area contributed by atoms with Crippen LogP contribution >= 0.6 is 0 Å². The number of halogens is 1. The molecule has 2 atom stereocenters. The number of likely N-dealkylation sites (tertiary alicyclic amines) is 1. The lowest BCUT2D eigenvalue weighted by Gasteiger charge is -2.40. The number of piperidine rings is 1. The zero-order valence-corrected chi connectivity index (χ0v) is 12.1. The van der Waals surface area contributed by atoms with E-state index in [1.54, 1.807) is 19.1 Å². The van der Waals surface area contributed by atoms with Crippen molar-refractivity contribution in [3.63, 3.8) is 0 Å². The molecule has 2 unspecified atom stereocenters. The van der Waals surface area contributed by atoms with Crippen LogP contribution in [0.4, 0.5) is 4.39 Å². The fraction of sp³-hybridized carbons (Fsp3) is 0.562. The number of hydrogen-bond donors (Lipinski definition) is 1. The third-order valence-electron chi connectivity index (χ3n) is 4.34. The third kappa shape index (κ3) is 3.18. The average molecular weight is 279 g/mol. The summed E-state index contributed by atoms with van der Waals surface area (Å²) in [4.78, 5) is 13.5. The van der Waals surface area contributed by atoms with Gasteiger partial charge in [-0.3, -0.25) is 9.69 Å². The Balaban J connectivity index is 2.04. The Kier molecular flexibility index (Phi) is 4.43. The summed E-state index contributed by atoms with van der Waals surface area (Å²) in [7, 11) is 0. The van der Waals surface area contributed by atoms with Crippen molar-refractivity contribution < 1.29 is 14.3 Å². The summed E-state index contributed by atoms with van der Waals surface area (Å²) < 4.78 is 13.7. The molecule has 1 aromatic rings. The van der Waals surface area contributed by atoms with Crippen molar-refractivity contribution in [2.24, 2.45) is 5.41 Å². The van der Waals surface area contributed by atoms with Gasteiger partial charge in [-0.1, -0.05) is 18.2 Å². The van der Waals surface area contributed by atoms with Gasteiger partial charge in [-0.05, 0) is 51.3 Å². The maximum absolute atomic E-state index is 13.7. The maximum Gasteiger partial charge on any atom is 0.310 e. The summed E-state index contributed by atoms with van der Waals surface area (Å²) in [6.45, 7) is 5.27. The number of aliphatic carboxylic acids is 1. The van der Waals surface area contributed by atoms with E-state index in [9.17, 15) is 14.3 Å². The van der Waals surface area contributed by atoms with Gasteiger partial charge in [0.2, 0.25) is 0 Å². The molecule has 1 N–H and O–H groups in total. The molecule has 0 aromatic heterocycles. The Morgan fingerprint density at radius 3 is 2.85 bits per heavy atom. The van der Waals surface area contributed by atoms with Gasteiger partial charge in [0, 0.05) is 12.6 Å². The van der Waals surface area contributed by atoms with E-state index >= 15 is 0 Å². The highest BCUT2D eigenvalue weighted by molar-refractivity contribution is 5.74. The van der Waals surface area contributed by atoms with Crippen LogP contribution in [0.15, 0.2) is 24.3 Å². The second kappa shape index (κ2) is 5.92. The monoisotopic (exact) mass is 279 g/mol. The number of carboxylic acid groups (broad SMARTS) is 1. The first-order valence-corrected chi connectivity index (χ1v) is 7.13. The largest absolute Gasteiger partial charge is 0.481 e. The van der Waals surface area contributed by atoms with Gasteiger partial charge in [0.1, 0.15) is 5.82 Å². The van der Waals surface area contributed by atoms with Gasteiger partial charge in [0.15, 0.2) is 0 Å². The van der Waals surface area contributed by atoms with E-state index in [1.165, 1.54) is 6.07 Å². The molecule has 0 radical (unpaired) electrons. The van der Waals surface area contributed by atoms with Gasteiger partial charge in [0.05, 0.1) is 5.41 Å². The molecule has 1 fully saturated rings. The predicted molar refractivity (Wildman–Crippen MR) is 76.1 cm³/mol. The molecule has 0 aliphatic carbocycles. The summed E-state index contributed by atoms with van der Waals surface area (Å²) in [6.07, 6.45) is 2.21. The molecule has 110 valence electrons. The molecular weight excluding hydrogens is 257 g/mol. The summed E-state index contributed by atoms with van der Waals surface area (Å²) >= 11 is 0. The molecule has 1 saturated heterocycles. The lowest BCUT2D eigenvalue weighted by molar-refractivity contribution is -0.151. The van der Waals surface area contributed by atoms with Crippen LogP contribution in [0.5, 0.6) is 0 Å². The van der Waals surface area contributed by atoms with Crippen LogP contribution in [0.3, 0.4) is 0 Å². The van der Waals surface area contributed by atoms with Crippen molar-refractivity contribution in [1.82, 2.24) is 4.90 Å². The molecule has 0 bridgehead atoms. The SMILES string of the molecule is CC(Cc1ccccc1F)N1CCCC(C)(C(=O)O)C1. The van der Waals surface area contributed by atoms with Crippen LogP contribution in [0.25, 0.3) is 0 Å². The molecule has 1 heterocycles. The number of benzene rings is 1. The molecule has 20 heavy (non-hydrogen) atoms. The van der Waals surface area contributed by atoms with Gasteiger partial charge in [-0.25, -0.2) is 4.39 Å². The number of carbonyl (C=O) groups is 1. The maximum atomic E-state index is 13.7. The molecule has 1 aliphatic rings. The first-order valence-electron chi connectivity index (χ1n) is 7.13. The number of carboxylic acids is 1. The van der Waals surface area contributed by atoms with Crippen LogP contribution in [-0.2, 0) is 11.2 Å². The number of hydrogen-bond acceptors (Lipinski definition) is 2. The van der Waals surface area contributed by atoms with Gasteiger partial charge >= 0.3 is 5.97 Å². The van der Waals surface area contributed by atoms with Crippen molar-refractivity contribution in [2.45, 2.75) is 39.2 Å². The van der Waals surface area contributed by atoms with Crippen molar-refractivity contribution in [1.29, 1.82) is 0 Å². The van der Waals surface area contributed by atoms with Gasteiger partial charge in [-0.2, -0.15) is 0 Å². The van der Waals surface area contributed by atoms with Crippen LogP contribution < -0.4 is 0 Å². The lowest BCUT2D eigenvalue weighted by Crippen LogP contribution is -2.49. The highest BCUT2D eigenvalue weighted by atomic mass is 19.1. The first-order chi connectivity index (χ1) is 9.42. The normalized spacial score (nSPS) is 25.4. The van der Waals surface area contributed by atoms with Crippen molar-refractivity contribution in [3.05, 3.63) is 35.6 Å². The molecule has 2 rings (SSSR count). The number of rotatable bonds is 4. The minimum Gasteiger partial charge on any atom is -0.481 e. The fourth-order valence-electron chi connectivity index (χ4n) is 2.94. The van der Waals surface area contributed by atoms with E-state index in [0.29, 0.717) is 24.9 Å². The fourth-order valence-corrected chi connectivity index (χ4v) is 2.94. The lowest BCUT2D eigenvalue weighted by atomic mass is 9.81. The zero-order chi connectivity index (χ0) is 14.8. The van der Waals surface area contributed by atoms with Crippen LogP contribution in [0, 0.1) is 11.2 Å². The van der Waals surface area contributed by atoms with E-state index < -0.39 is 11.4 Å². The summed E-state index contributed by atoms with van der Waals surface area (Å²) in [5, 5.41) is 9.34. The molecule has 4 heteroatoms. The molecule has 3 nitrogen and oxygen atoms in total. The van der Waals surface area contributed by atoms with Crippen LogP contribution in [0.1, 0.15) is 32.3 Å². The van der Waals surface area contributed by atoms with Crippen molar-refractivity contribution in [2.75, 3.05) is 13.1 Å². The van der Waals surface area contributed by atoms with Crippen molar-refractivity contribution >= 4 is 5.97 Å². The second-order valence-corrected chi connectivity index (χ2v) is 6.08. The topological polar surface area (TPSA) is 40.5 Å². The molecule has 0 spiro atoms. The zero-order valence-electron chi connectivity index (χ0n) is 12.1. The standard InChI is InChI=1S/C16H22FNO2/c1-12(10-13-6-3-4-7-14(13)17)18-9-5-8-16(2,11-18)15(19)20/h3-4,6-7,12H,5,8-11H2,1-2H3,(H,19,20). The summed E-state index contributed by atoms with van der Waals surface area (Å²) in [5.41, 5.74) is 0.0180. The minimum absolute atomic E-state index is 0.144. The molecule has 0 saturated carbocycles. The average Bonchev–Trinajstić information content (AvgIpc) is 2.41. The Labute approximate surface area is 119 Å². The molecule has 1 aliphatic heterocycles. The van der Waals surface area contributed by atoms with Gasteiger partial charge < -0.3 is 5.11 Å². The van der Waals surface area contributed by atoms with Crippen LogP contribution in [0.2, 0.25) is 0 Å². The van der Waals surface area contributed by atoms with E-state index in [-0.39, 0.29) is 11.9 Å². The Morgan fingerprint density at radius 2 is 2.20 bits per heavy atom. The van der Waals surface area contributed by atoms with E-state index in [4.69, 9.17) is 0 Å². The summed E-state index contributed by atoms with van der Waals surface area (Å²) in [5.74, 6) is -0.919.